The second-order valence-corrected chi connectivity index (χ2v) is 7.58. The van der Waals surface area contributed by atoms with Crippen molar-refractivity contribution >= 4 is 16.8 Å². The number of aromatic nitrogens is 1. The first-order chi connectivity index (χ1) is 15.0. The van der Waals surface area contributed by atoms with Crippen LogP contribution in [0, 0.1) is 0 Å². The van der Waals surface area contributed by atoms with Gasteiger partial charge in [0.15, 0.2) is 5.58 Å². The SMILES string of the molecule is FC(F)(F)c1cccc(-c2coc3cc(-c4ccc(N5CCNCC5)cc4)cnc23)c1. The van der Waals surface area contributed by atoms with E-state index in [2.05, 4.69) is 39.5 Å². The molecule has 0 atom stereocenters. The minimum absolute atomic E-state index is 0.425. The van der Waals surface area contributed by atoms with Gasteiger partial charge < -0.3 is 14.6 Å². The Morgan fingerprint density at radius 3 is 2.42 bits per heavy atom. The summed E-state index contributed by atoms with van der Waals surface area (Å²) in [7, 11) is 0. The summed E-state index contributed by atoms with van der Waals surface area (Å²) in [5.74, 6) is 0. The molecule has 5 rings (SSSR count). The second-order valence-electron chi connectivity index (χ2n) is 7.58. The number of pyridine rings is 1. The maximum absolute atomic E-state index is 13.1. The Morgan fingerprint density at radius 1 is 0.903 bits per heavy atom. The lowest BCUT2D eigenvalue weighted by molar-refractivity contribution is -0.137. The number of alkyl halides is 3. The summed E-state index contributed by atoms with van der Waals surface area (Å²) in [6, 6.07) is 15.4. The van der Waals surface area contributed by atoms with E-state index in [-0.39, 0.29) is 0 Å². The second kappa shape index (κ2) is 7.74. The first kappa shape index (κ1) is 19.6. The molecule has 1 aliphatic heterocycles. The van der Waals surface area contributed by atoms with Crippen molar-refractivity contribution in [2.45, 2.75) is 6.18 Å². The number of hydrogen-bond acceptors (Lipinski definition) is 4. The van der Waals surface area contributed by atoms with Gasteiger partial charge in [0.2, 0.25) is 0 Å². The highest BCUT2D eigenvalue weighted by Crippen LogP contribution is 2.36. The van der Waals surface area contributed by atoms with Crippen molar-refractivity contribution in [2.75, 3.05) is 31.1 Å². The molecule has 4 aromatic rings. The Labute approximate surface area is 177 Å². The molecule has 1 fully saturated rings. The van der Waals surface area contributed by atoms with Gasteiger partial charge in [-0.1, -0.05) is 24.3 Å². The average molecular weight is 423 g/mol. The van der Waals surface area contributed by atoms with Gasteiger partial charge in [-0.2, -0.15) is 13.2 Å². The van der Waals surface area contributed by atoms with Gasteiger partial charge >= 0.3 is 6.18 Å². The molecule has 0 saturated carbocycles. The molecule has 0 aliphatic carbocycles. The van der Waals surface area contributed by atoms with E-state index in [1.165, 1.54) is 18.0 Å². The van der Waals surface area contributed by atoms with Crippen molar-refractivity contribution in [1.29, 1.82) is 0 Å². The van der Waals surface area contributed by atoms with Gasteiger partial charge in [0.25, 0.3) is 0 Å². The minimum atomic E-state index is -4.40. The third kappa shape index (κ3) is 3.88. The highest BCUT2D eigenvalue weighted by Gasteiger charge is 2.30. The normalized spacial score (nSPS) is 14.9. The summed E-state index contributed by atoms with van der Waals surface area (Å²) in [6.45, 7) is 3.93. The number of furan rings is 1. The topological polar surface area (TPSA) is 41.3 Å². The lowest BCUT2D eigenvalue weighted by Crippen LogP contribution is -2.43. The van der Waals surface area contributed by atoms with E-state index in [4.69, 9.17) is 4.42 Å². The largest absolute Gasteiger partial charge is 0.462 e. The molecule has 158 valence electrons. The van der Waals surface area contributed by atoms with Crippen molar-refractivity contribution in [3.8, 4) is 22.3 Å². The van der Waals surface area contributed by atoms with Crippen molar-refractivity contribution in [3.05, 3.63) is 72.6 Å². The van der Waals surface area contributed by atoms with E-state index in [1.54, 1.807) is 12.3 Å². The van der Waals surface area contributed by atoms with Crippen molar-refractivity contribution in [3.63, 3.8) is 0 Å². The van der Waals surface area contributed by atoms with E-state index in [1.807, 2.05) is 6.07 Å². The number of nitrogens with one attached hydrogen (secondary N) is 1. The van der Waals surface area contributed by atoms with Crippen LogP contribution < -0.4 is 10.2 Å². The Hall–Kier alpha value is -3.32. The molecule has 1 N–H and O–H groups in total. The van der Waals surface area contributed by atoms with Crippen molar-refractivity contribution in [1.82, 2.24) is 10.3 Å². The molecule has 31 heavy (non-hydrogen) atoms. The Bertz CT molecular complexity index is 1210. The molecular weight excluding hydrogens is 403 g/mol. The van der Waals surface area contributed by atoms with Gasteiger partial charge in [-0.3, -0.25) is 4.98 Å². The number of fused-ring (bicyclic) bond motifs is 1. The minimum Gasteiger partial charge on any atom is -0.462 e. The molecule has 0 unspecified atom stereocenters. The zero-order valence-electron chi connectivity index (χ0n) is 16.6. The van der Waals surface area contributed by atoms with Crippen LogP contribution in [0.2, 0.25) is 0 Å². The van der Waals surface area contributed by atoms with E-state index in [0.29, 0.717) is 22.2 Å². The molecule has 3 heterocycles. The number of halogens is 3. The molecular formula is C24H20F3N3O. The molecule has 2 aromatic heterocycles. The molecule has 1 saturated heterocycles. The Balaban J connectivity index is 1.44. The summed E-state index contributed by atoms with van der Waals surface area (Å²) in [6.07, 6.45) is -1.20. The molecule has 1 aliphatic rings. The third-order valence-corrected chi connectivity index (χ3v) is 5.60. The van der Waals surface area contributed by atoms with E-state index < -0.39 is 11.7 Å². The number of nitrogens with zero attached hydrogens (tertiary/aromatic N) is 2. The Morgan fingerprint density at radius 2 is 1.68 bits per heavy atom. The molecule has 0 amide bonds. The molecule has 4 nitrogen and oxygen atoms in total. The predicted octanol–water partition coefficient (Wildman–Crippen LogP) is 5.59. The summed E-state index contributed by atoms with van der Waals surface area (Å²) in [4.78, 5) is 6.85. The first-order valence-corrected chi connectivity index (χ1v) is 10.1. The zero-order valence-corrected chi connectivity index (χ0v) is 16.6. The number of benzene rings is 2. The van der Waals surface area contributed by atoms with Gasteiger partial charge in [-0.15, -0.1) is 0 Å². The van der Waals surface area contributed by atoms with Gasteiger partial charge in [0, 0.05) is 49.2 Å². The summed E-state index contributed by atoms with van der Waals surface area (Å²) in [5, 5.41) is 3.35. The van der Waals surface area contributed by atoms with Crippen LogP contribution in [0.4, 0.5) is 18.9 Å². The predicted molar refractivity (Wildman–Crippen MR) is 115 cm³/mol. The third-order valence-electron chi connectivity index (χ3n) is 5.60. The van der Waals surface area contributed by atoms with E-state index in [0.717, 1.165) is 49.4 Å². The Kier molecular flexibility index (Phi) is 4.90. The van der Waals surface area contributed by atoms with Crippen LogP contribution >= 0.6 is 0 Å². The highest BCUT2D eigenvalue weighted by atomic mass is 19.4. The molecule has 0 radical (unpaired) electrons. The van der Waals surface area contributed by atoms with Gasteiger partial charge in [-0.25, -0.2) is 0 Å². The van der Waals surface area contributed by atoms with Crippen LogP contribution in [0.25, 0.3) is 33.4 Å². The summed E-state index contributed by atoms with van der Waals surface area (Å²) in [5.41, 5.74) is 4.44. The number of rotatable bonds is 3. The average Bonchev–Trinajstić information content (AvgIpc) is 3.23. The van der Waals surface area contributed by atoms with Gasteiger partial charge in [0.05, 0.1) is 5.56 Å². The maximum atomic E-state index is 13.1. The van der Waals surface area contributed by atoms with Crippen molar-refractivity contribution in [2.24, 2.45) is 0 Å². The van der Waals surface area contributed by atoms with Gasteiger partial charge in [0.1, 0.15) is 11.8 Å². The fraction of sp³-hybridized carbons (Fsp3) is 0.208. The summed E-state index contributed by atoms with van der Waals surface area (Å²) >= 11 is 0. The van der Waals surface area contributed by atoms with Crippen LogP contribution in [0.5, 0.6) is 0 Å². The van der Waals surface area contributed by atoms with Crippen LogP contribution in [-0.4, -0.2) is 31.2 Å². The number of piperazine rings is 1. The van der Waals surface area contributed by atoms with Crippen LogP contribution in [0.3, 0.4) is 0 Å². The lowest BCUT2D eigenvalue weighted by atomic mass is 10.0. The first-order valence-electron chi connectivity index (χ1n) is 10.1. The van der Waals surface area contributed by atoms with Gasteiger partial charge in [-0.05, 0) is 41.5 Å². The summed E-state index contributed by atoms with van der Waals surface area (Å²) < 4.78 is 44.8. The highest BCUT2D eigenvalue weighted by molar-refractivity contribution is 5.92. The smallest absolute Gasteiger partial charge is 0.416 e. The molecule has 7 heteroatoms. The van der Waals surface area contributed by atoms with Crippen LogP contribution in [0.1, 0.15) is 5.56 Å². The molecule has 0 spiro atoms. The lowest BCUT2D eigenvalue weighted by Gasteiger charge is -2.29. The molecule has 0 bridgehead atoms. The van der Waals surface area contributed by atoms with Crippen LogP contribution in [-0.2, 0) is 6.18 Å². The van der Waals surface area contributed by atoms with Crippen LogP contribution in [0.15, 0.2) is 71.5 Å². The monoisotopic (exact) mass is 423 g/mol. The number of hydrogen-bond donors (Lipinski definition) is 1. The van der Waals surface area contributed by atoms with E-state index in [9.17, 15) is 13.2 Å². The maximum Gasteiger partial charge on any atom is 0.416 e. The quantitative estimate of drug-likeness (QED) is 0.466. The van der Waals surface area contributed by atoms with Crippen molar-refractivity contribution < 1.29 is 17.6 Å². The number of anilines is 1. The fourth-order valence-corrected chi connectivity index (χ4v) is 3.93. The fourth-order valence-electron chi connectivity index (χ4n) is 3.93. The standard InChI is InChI=1S/C24H20F3N3O/c25-24(26,27)19-3-1-2-17(12-19)21-15-31-22-13-18(14-29-23(21)22)16-4-6-20(7-5-16)30-10-8-28-9-11-30/h1-7,12-15,28H,8-11H2. The van der Waals surface area contributed by atoms with E-state index >= 15 is 0 Å². The zero-order chi connectivity index (χ0) is 21.4. The molecule has 2 aromatic carbocycles.